The molecule has 0 aromatic carbocycles. The zero-order valence-electron chi connectivity index (χ0n) is 15.5. The normalized spacial score (nSPS) is 21.2. The minimum atomic E-state index is 0.262. The molecule has 1 saturated heterocycles. The van der Waals surface area contributed by atoms with Crippen molar-refractivity contribution >= 4 is 5.96 Å². The Balaban J connectivity index is 2.50. The number of hydrogen-bond acceptors (Lipinski definition) is 3. The number of nitrogens with one attached hydrogen (secondary N) is 2. The van der Waals surface area contributed by atoms with Gasteiger partial charge in [0.1, 0.15) is 0 Å². The maximum atomic E-state index is 9.18. The van der Waals surface area contributed by atoms with Crippen LogP contribution in [0.15, 0.2) is 4.99 Å². The van der Waals surface area contributed by atoms with Gasteiger partial charge < -0.3 is 15.7 Å². The molecule has 0 bridgehead atoms. The molecular formula is C18H38N4O. The van der Waals surface area contributed by atoms with E-state index < -0.39 is 0 Å². The van der Waals surface area contributed by atoms with Gasteiger partial charge in [-0.15, -0.1) is 0 Å². The monoisotopic (exact) mass is 326 g/mol. The summed E-state index contributed by atoms with van der Waals surface area (Å²) in [6.07, 6.45) is 7.09. The fraction of sp³-hybridized carbons (Fsp3) is 0.944. The van der Waals surface area contributed by atoms with Crippen LogP contribution in [0.4, 0.5) is 0 Å². The van der Waals surface area contributed by atoms with Crippen LogP contribution >= 0.6 is 0 Å². The number of piperidine rings is 1. The van der Waals surface area contributed by atoms with Crippen LogP contribution in [-0.2, 0) is 0 Å². The number of rotatable bonds is 10. The second-order valence-corrected chi connectivity index (χ2v) is 6.55. The van der Waals surface area contributed by atoms with E-state index >= 15 is 0 Å². The van der Waals surface area contributed by atoms with Crippen molar-refractivity contribution in [1.82, 2.24) is 15.5 Å². The smallest absolute Gasteiger partial charge is 0.191 e. The summed E-state index contributed by atoms with van der Waals surface area (Å²) in [4.78, 5) is 7.33. The molecule has 0 aromatic heterocycles. The van der Waals surface area contributed by atoms with Gasteiger partial charge in [0.05, 0.1) is 0 Å². The van der Waals surface area contributed by atoms with Crippen molar-refractivity contribution in [3.8, 4) is 0 Å². The van der Waals surface area contributed by atoms with E-state index in [1.807, 2.05) is 0 Å². The molecule has 1 aliphatic heterocycles. The van der Waals surface area contributed by atoms with E-state index in [1.165, 1.54) is 25.8 Å². The molecule has 0 saturated carbocycles. The second kappa shape index (κ2) is 12.6. The predicted molar refractivity (Wildman–Crippen MR) is 99.0 cm³/mol. The lowest BCUT2D eigenvalue weighted by Crippen LogP contribution is -2.49. The summed E-state index contributed by atoms with van der Waals surface area (Å²) in [7, 11) is 0. The van der Waals surface area contributed by atoms with Crippen molar-refractivity contribution in [2.45, 2.75) is 65.3 Å². The van der Waals surface area contributed by atoms with Gasteiger partial charge in [0.25, 0.3) is 0 Å². The summed E-state index contributed by atoms with van der Waals surface area (Å²) in [6, 6.07) is 0.626. The number of likely N-dealkylation sites (N-methyl/N-ethyl adjacent to an activating group) is 1. The Labute approximate surface area is 142 Å². The van der Waals surface area contributed by atoms with Crippen molar-refractivity contribution in [1.29, 1.82) is 0 Å². The van der Waals surface area contributed by atoms with Gasteiger partial charge in [0.2, 0.25) is 0 Å². The van der Waals surface area contributed by atoms with Gasteiger partial charge in [-0.25, -0.2) is 0 Å². The number of nitrogens with zero attached hydrogens (tertiary/aromatic N) is 2. The molecule has 136 valence electrons. The fourth-order valence-electron chi connectivity index (χ4n) is 3.40. The van der Waals surface area contributed by atoms with Crippen molar-refractivity contribution in [3.63, 3.8) is 0 Å². The van der Waals surface area contributed by atoms with Gasteiger partial charge in [-0.3, -0.25) is 9.89 Å². The zero-order valence-corrected chi connectivity index (χ0v) is 15.5. The first-order chi connectivity index (χ1) is 11.2. The Morgan fingerprint density at radius 1 is 1.22 bits per heavy atom. The fourth-order valence-corrected chi connectivity index (χ4v) is 3.40. The summed E-state index contributed by atoms with van der Waals surface area (Å²) in [5.41, 5.74) is 0. The summed E-state index contributed by atoms with van der Waals surface area (Å²) in [5.74, 6) is 1.41. The summed E-state index contributed by atoms with van der Waals surface area (Å²) < 4.78 is 0. The molecule has 0 amide bonds. The SMILES string of the molecule is CCCC(CCO)CN=C(NCC)NCC1CCCCN1CC. The minimum absolute atomic E-state index is 0.262. The van der Waals surface area contributed by atoms with Gasteiger partial charge in [0.15, 0.2) is 5.96 Å². The Morgan fingerprint density at radius 3 is 2.70 bits per heavy atom. The first kappa shape index (κ1) is 20.2. The van der Waals surface area contributed by atoms with Gasteiger partial charge in [-0.2, -0.15) is 0 Å². The van der Waals surface area contributed by atoms with Crippen LogP contribution in [0.5, 0.6) is 0 Å². The lowest BCUT2D eigenvalue weighted by Gasteiger charge is -2.35. The third kappa shape index (κ3) is 8.02. The number of likely N-dealkylation sites (tertiary alicyclic amines) is 1. The van der Waals surface area contributed by atoms with Crippen LogP contribution in [-0.4, -0.2) is 61.3 Å². The molecule has 1 aliphatic rings. The van der Waals surface area contributed by atoms with Crippen molar-refractivity contribution in [2.75, 3.05) is 39.3 Å². The zero-order chi connectivity index (χ0) is 16.9. The Kier molecular flexibility index (Phi) is 11.1. The van der Waals surface area contributed by atoms with Crippen molar-refractivity contribution in [3.05, 3.63) is 0 Å². The first-order valence-corrected chi connectivity index (χ1v) is 9.62. The maximum Gasteiger partial charge on any atom is 0.191 e. The lowest BCUT2D eigenvalue weighted by atomic mass is 10.0. The number of aliphatic hydroxyl groups is 1. The van der Waals surface area contributed by atoms with E-state index in [0.29, 0.717) is 12.0 Å². The highest BCUT2D eigenvalue weighted by atomic mass is 16.3. The highest BCUT2D eigenvalue weighted by molar-refractivity contribution is 5.79. The molecule has 23 heavy (non-hydrogen) atoms. The molecule has 2 unspecified atom stereocenters. The molecule has 5 nitrogen and oxygen atoms in total. The third-order valence-corrected chi connectivity index (χ3v) is 4.75. The average molecular weight is 327 g/mol. The summed E-state index contributed by atoms with van der Waals surface area (Å²) in [6.45, 7) is 11.8. The van der Waals surface area contributed by atoms with Gasteiger partial charge >= 0.3 is 0 Å². The standard InChI is InChI=1S/C18H38N4O/c1-4-9-16(11-13-23)14-20-18(19-5-2)21-15-17-10-7-8-12-22(17)6-3/h16-17,23H,4-15H2,1-3H3,(H2,19,20,21). The predicted octanol–water partition coefficient (Wildman–Crippen LogP) is 2.21. The van der Waals surface area contributed by atoms with Crippen LogP contribution in [0.1, 0.15) is 59.3 Å². The second-order valence-electron chi connectivity index (χ2n) is 6.55. The molecule has 0 aromatic rings. The van der Waals surface area contributed by atoms with E-state index in [0.717, 1.165) is 51.4 Å². The Bertz CT molecular complexity index is 316. The molecule has 1 fully saturated rings. The van der Waals surface area contributed by atoms with Gasteiger partial charge in [0, 0.05) is 32.3 Å². The molecular weight excluding hydrogens is 288 g/mol. The molecule has 0 radical (unpaired) electrons. The molecule has 5 heteroatoms. The quantitative estimate of drug-likeness (QED) is 0.425. The van der Waals surface area contributed by atoms with Crippen molar-refractivity contribution < 1.29 is 5.11 Å². The summed E-state index contributed by atoms with van der Waals surface area (Å²) >= 11 is 0. The average Bonchev–Trinajstić information content (AvgIpc) is 2.57. The van der Waals surface area contributed by atoms with Crippen molar-refractivity contribution in [2.24, 2.45) is 10.9 Å². The number of aliphatic imine (C=N–C) groups is 1. The molecule has 3 N–H and O–H groups in total. The van der Waals surface area contributed by atoms with E-state index in [-0.39, 0.29) is 6.61 Å². The highest BCUT2D eigenvalue weighted by Gasteiger charge is 2.20. The van der Waals surface area contributed by atoms with E-state index in [2.05, 4.69) is 36.3 Å². The number of guanidine groups is 1. The molecule has 0 aliphatic carbocycles. The highest BCUT2D eigenvalue weighted by Crippen LogP contribution is 2.15. The molecule has 2 atom stereocenters. The van der Waals surface area contributed by atoms with E-state index in [4.69, 9.17) is 4.99 Å². The van der Waals surface area contributed by atoms with Crippen LogP contribution < -0.4 is 10.6 Å². The molecule has 1 rings (SSSR count). The van der Waals surface area contributed by atoms with E-state index in [1.54, 1.807) is 0 Å². The minimum Gasteiger partial charge on any atom is -0.396 e. The number of aliphatic hydroxyl groups excluding tert-OH is 1. The third-order valence-electron chi connectivity index (χ3n) is 4.75. The maximum absolute atomic E-state index is 9.18. The summed E-state index contributed by atoms with van der Waals surface area (Å²) in [5, 5.41) is 16.1. The number of hydrogen-bond donors (Lipinski definition) is 3. The first-order valence-electron chi connectivity index (χ1n) is 9.62. The molecule has 0 spiro atoms. The van der Waals surface area contributed by atoms with Crippen LogP contribution in [0, 0.1) is 5.92 Å². The lowest BCUT2D eigenvalue weighted by molar-refractivity contribution is 0.157. The van der Waals surface area contributed by atoms with Gasteiger partial charge in [-0.1, -0.05) is 26.7 Å². The molecule has 1 heterocycles. The topological polar surface area (TPSA) is 59.9 Å². The van der Waals surface area contributed by atoms with Crippen LogP contribution in [0.25, 0.3) is 0 Å². The Hall–Kier alpha value is -0.810. The van der Waals surface area contributed by atoms with Gasteiger partial charge in [-0.05, 0) is 51.6 Å². The largest absolute Gasteiger partial charge is 0.396 e. The van der Waals surface area contributed by atoms with E-state index in [9.17, 15) is 5.11 Å². The Morgan fingerprint density at radius 2 is 2.04 bits per heavy atom. The van der Waals surface area contributed by atoms with Crippen LogP contribution in [0.2, 0.25) is 0 Å². The van der Waals surface area contributed by atoms with Crippen LogP contribution in [0.3, 0.4) is 0 Å².